The molecule has 2 aromatic rings. The third-order valence-corrected chi connectivity index (χ3v) is 4.64. The summed E-state index contributed by atoms with van der Waals surface area (Å²) in [6.45, 7) is 4.29. The molecule has 0 bridgehead atoms. The third kappa shape index (κ3) is 5.75. The van der Waals surface area contributed by atoms with Gasteiger partial charge < -0.3 is 10.2 Å². The number of anilines is 1. The molecule has 2 rings (SSSR count). The van der Waals surface area contributed by atoms with E-state index in [9.17, 15) is 9.59 Å². The number of benzene rings is 2. The average Bonchev–Trinajstić information content (AvgIpc) is 2.61. The van der Waals surface area contributed by atoms with Crippen LogP contribution in [0.4, 0.5) is 5.69 Å². The summed E-state index contributed by atoms with van der Waals surface area (Å²) >= 11 is 12.1. The minimum atomic E-state index is -0.328. The molecule has 0 aliphatic rings. The van der Waals surface area contributed by atoms with Crippen molar-refractivity contribution < 1.29 is 9.59 Å². The smallest absolute Gasteiger partial charge is 0.244 e. The maximum Gasteiger partial charge on any atom is 0.244 e. The third-order valence-electron chi connectivity index (χ3n) is 4.01. The van der Waals surface area contributed by atoms with Crippen molar-refractivity contribution >= 4 is 40.7 Å². The summed E-state index contributed by atoms with van der Waals surface area (Å²) in [7, 11) is 0. The lowest BCUT2D eigenvalue weighted by Crippen LogP contribution is -2.38. The highest BCUT2D eigenvalue weighted by Crippen LogP contribution is 2.29. The van der Waals surface area contributed by atoms with Crippen LogP contribution in [0.25, 0.3) is 0 Å². The predicted octanol–water partition coefficient (Wildman–Crippen LogP) is 4.72. The van der Waals surface area contributed by atoms with E-state index in [1.54, 1.807) is 18.2 Å². The Morgan fingerprint density at radius 2 is 1.73 bits per heavy atom. The van der Waals surface area contributed by atoms with Crippen LogP contribution >= 0.6 is 23.2 Å². The van der Waals surface area contributed by atoms with Crippen molar-refractivity contribution in [1.29, 1.82) is 0 Å². The van der Waals surface area contributed by atoms with Crippen molar-refractivity contribution in [2.45, 2.75) is 26.7 Å². The molecule has 0 aliphatic heterocycles. The molecule has 138 valence electrons. The Labute approximate surface area is 164 Å². The van der Waals surface area contributed by atoms with Crippen molar-refractivity contribution in [3.8, 4) is 0 Å². The van der Waals surface area contributed by atoms with Crippen LogP contribution in [0.2, 0.25) is 10.0 Å². The Morgan fingerprint density at radius 1 is 1.08 bits per heavy atom. The molecule has 0 radical (unpaired) electrons. The number of hydrogen-bond acceptors (Lipinski definition) is 2. The zero-order valence-electron chi connectivity index (χ0n) is 14.9. The molecular weight excluding hydrogens is 371 g/mol. The van der Waals surface area contributed by atoms with Crippen LogP contribution in [0.15, 0.2) is 42.5 Å². The van der Waals surface area contributed by atoms with Crippen LogP contribution < -0.4 is 5.32 Å². The van der Waals surface area contributed by atoms with Gasteiger partial charge in [0.25, 0.3) is 0 Å². The molecule has 0 heterocycles. The lowest BCUT2D eigenvalue weighted by Gasteiger charge is -2.21. The molecule has 0 fully saturated rings. The zero-order valence-corrected chi connectivity index (χ0v) is 16.4. The Hall–Kier alpha value is -2.04. The van der Waals surface area contributed by atoms with Gasteiger partial charge in [-0.1, -0.05) is 59.1 Å². The fraction of sp³-hybridized carbons (Fsp3) is 0.300. The summed E-state index contributed by atoms with van der Waals surface area (Å²) in [4.78, 5) is 26.3. The summed E-state index contributed by atoms with van der Waals surface area (Å²) in [5.74, 6) is -0.389. The van der Waals surface area contributed by atoms with Gasteiger partial charge >= 0.3 is 0 Å². The first-order valence-corrected chi connectivity index (χ1v) is 9.23. The highest BCUT2D eigenvalue weighted by Gasteiger charge is 2.17. The van der Waals surface area contributed by atoms with Gasteiger partial charge in [0, 0.05) is 13.0 Å². The minimum absolute atomic E-state index is 0.0370. The number of halogens is 2. The van der Waals surface area contributed by atoms with Crippen LogP contribution in [0, 0.1) is 6.92 Å². The van der Waals surface area contributed by atoms with E-state index in [1.165, 1.54) is 10.5 Å². The van der Waals surface area contributed by atoms with E-state index in [0.29, 0.717) is 35.1 Å². The predicted molar refractivity (Wildman–Crippen MR) is 107 cm³/mol. The van der Waals surface area contributed by atoms with Crippen molar-refractivity contribution in [3.05, 3.63) is 63.6 Å². The molecule has 0 saturated carbocycles. The summed E-state index contributed by atoms with van der Waals surface area (Å²) in [5.41, 5.74) is 2.64. The maximum atomic E-state index is 12.4. The minimum Gasteiger partial charge on any atom is -0.334 e. The normalized spacial score (nSPS) is 10.5. The van der Waals surface area contributed by atoms with Crippen LogP contribution in [0.3, 0.4) is 0 Å². The second-order valence-electron chi connectivity index (χ2n) is 6.04. The molecular formula is C20H22Cl2N2O2. The van der Waals surface area contributed by atoms with Crippen LogP contribution in [-0.2, 0) is 16.0 Å². The molecule has 26 heavy (non-hydrogen) atoms. The Bertz CT molecular complexity index is 773. The first-order valence-electron chi connectivity index (χ1n) is 8.48. The maximum absolute atomic E-state index is 12.4. The highest BCUT2D eigenvalue weighted by atomic mass is 35.5. The number of carbonyl (C=O) groups excluding carboxylic acids is 2. The number of rotatable bonds is 7. The van der Waals surface area contributed by atoms with Crippen molar-refractivity contribution in [3.63, 3.8) is 0 Å². The largest absolute Gasteiger partial charge is 0.334 e. The number of nitrogens with zero attached hydrogens (tertiary/aromatic N) is 1. The van der Waals surface area contributed by atoms with Crippen molar-refractivity contribution in [1.82, 2.24) is 4.90 Å². The molecule has 0 atom stereocenters. The van der Waals surface area contributed by atoms with E-state index in [2.05, 4.69) is 11.4 Å². The zero-order chi connectivity index (χ0) is 19.1. The van der Waals surface area contributed by atoms with Crippen LogP contribution in [0.5, 0.6) is 0 Å². The van der Waals surface area contributed by atoms with Crippen molar-refractivity contribution in [2.24, 2.45) is 0 Å². The molecule has 2 amide bonds. The van der Waals surface area contributed by atoms with Gasteiger partial charge in [-0.25, -0.2) is 0 Å². The average molecular weight is 393 g/mol. The molecule has 0 aromatic heterocycles. The molecule has 0 unspecified atom stereocenters. The van der Waals surface area contributed by atoms with E-state index in [-0.39, 0.29) is 18.4 Å². The first kappa shape index (κ1) is 20.3. The Balaban J connectivity index is 1.93. The van der Waals surface area contributed by atoms with Gasteiger partial charge in [-0.3, -0.25) is 9.59 Å². The topological polar surface area (TPSA) is 49.4 Å². The highest BCUT2D eigenvalue weighted by molar-refractivity contribution is 6.39. The standard InChI is InChI=1S/C20H22Cl2N2O2/c1-3-24(19(26)11-10-15-7-4-6-14(2)12-15)13-18(25)23-20-16(21)8-5-9-17(20)22/h4-9,12H,3,10-11,13H2,1-2H3,(H,23,25). The van der Waals surface area contributed by atoms with Gasteiger partial charge in [-0.05, 0) is 38.0 Å². The molecule has 6 heteroatoms. The number of nitrogens with one attached hydrogen (secondary N) is 1. The fourth-order valence-corrected chi connectivity index (χ4v) is 3.11. The van der Waals surface area contributed by atoms with Crippen LogP contribution in [0.1, 0.15) is 24.5 Å². The number of aryl methyl sites for hydroxylation is 2. The van der Waals surface area contributed by atoms with E-state index in [0.717, 1.165) is 5.56 Å². The van der Waals surface area contributed by atoms with E-state index in [1.807, 2.05) is 32.0 Å². The van der Waals surface area contributed by atoms with E-state index in [4.69, 9.17) is 23.2 Å². The van der Waals surface area contributed by atoms with Gasteiger partial charge in [-0.15, -0.1) is 0 Å². The Kier molecular flexibility index (Phi) is 7.49. The SMILES string of the molecule is CCN(CC(=O)Nc1c(Cl)cccc1Cl)C(=O)CCc1cccc(C)c1. The second kappa shape index (κ2) is 9.60. The summed E-state index contributed by atoms with van der Waals surface area (Å²) < 4.78 is 0. The number of hydrogen-bond donors (Lipinski definition) is 1. The number of amides is 2. The summed E-state index contributed by atoms with van der Waals surface area (Å²) in [6.07, 6.45) is 1.01. The number of para-hydroxylation sites is 1. The molecule has 4 nitrogen and oxygen atoms in total. The quantitative estimate of drug-likeness (QED) is 0.740. The van der Waals surface area contributed by atoms with Gasteiger partial charge in [0.1, 0.15) is 0 Å². The number of likely N-dealkylation sites (N-methyl/N-ethyl adjacent to an activating group) is 1. The molecule has 0 saturated heterocycles. The Morgan fingerprint density at radius 3 is 2.35 bits per heavy atom. The lowest BCUT2D eigenvalue weighted by atomic mass is 10.1. The number of carbonyl (C=O) groups is 2. The van der Waals surface area contributed by atoms with Crippen LogP contribution in [-0.4, -0.2) is 29.8 Å². The van der Waals surface area contributed by atoms with E-state index >= 15 is 0 Å². The second-order valence-corrected chi connectivity index (χ2v) is 6.86. The monoisotopic (exact) mass is 392 g/mol. The summed E-state index contributed by atoms with van der Waals surface area (Å²) in [6, 6.07) is 13.1. The molecule has 2 aromatic carbocycles. The van der Waals surface area contributed by atoms with Gasteiger partial charge in [0.2, 0.25) is 11.8 Å². The van der Waals surface area contributed by atoms with Gasteiger partial charge in [0.15, 0.2) is 0 Å². The van der Waals surface area contributed by atoms with E-state index < -0.39 is 0 Å². The van der Waals surface area contributed by atoms with Crippen molar-refractivity contribution in [2.75, 3.05) is 18.4 Å². The molecule has 0 spiro atoms. The fourth-order valence-electron chi connectivity index (χ4n) is 2.62. The lowest BCUT2D eigenvalue weighted by molar-refractivity contribution is -0.134. The van der Waals surface area contributed by atoms with Gasteiger partial charge in [-0.2, -0.15) is 0 Å². The molecule has 1 N–H and O–H groups in total. The first-order chi connectivity index (χ1) is 12.4. The van der Waals surface area contributed by atoms with Gasteiger partial charge in [0.05, 0.1) is 22.3 Å². The summed E-state index contributed by atoms with van der Waals surface area (Å²) in [5, 5.41) is 3.40. The molecule has 0 aliphatic carbocycles.